The van der Waals surface area contributed by atoms with Gasteiger partial charge in [-0.25, -0.2) is 0 Å². The summed E-state index contributed by atoms with van der Waals surface area (Å²) in [5, 5.41) is 0. The van der Waals surface area contributed by atoms with Crippen molar-refractivity contribution in [3.05, 3.63) is 72.9 Å². The van der Waals surface area contributed by atoms with Crippen LogP contribution in [0.5, 0.6) is 0 Å². The SMILES string of the molecule is CC/C=C\C/C=C\C/C=C\CCCCCCCC(=O)OC(COC(=O)CCCCCCC/C=C\C/C=C\CCCCCC)COC(=O)CCCCCCC/C=C\CCCC. The van der Waals surface area contributed by atoms with E-state index in [1.165, 1.54) is 64.2 Å². The number of carbonyl (C=O) groups is 3. The monoisotopic (exact) mass is 837 g/mol. The van der Waals surface area contributed by atoms with Crippen LogP contribution in [-0.2, 0) is 28.6 Å². The minimum atomic E-state index is -0.792. The first-order chi connectivity index (χ1) is 29.5. The Hall–Kier alpha value is -3.15. The number of rotatable bonds is 44. The molecule has 0 aliphatic carbocycles. The van der Waals surface area contributed by atoms with Gasteiger partial charge >= 0.3 is 17.9 Å². The summed E-state index contributed by atoms with van der Waals surface area (Å²) < 4.78 is 16.7. The summed E-state index contributed by atoms with van der Waals surface area (Å²) in [4.78, 5) is 37.9. The molecule has 344 valence electrons. The van der Waals surface area contributed by atoms with Crippen LogP contribution in [0.25, 0.3) is 0 Å². The van der Waals surface area contributed by atoms with Crippen LogP contribution in [0.4, 0.5) is 0 Å². The van der Waals surface area contributed by atoms with E-state index in [1.807, 2.05) is 0 Å². The number of hydrogen-bond donors (Lipinski definition) is 0. The Labute approximate surface area is 370 Å². The number of unbranched alkanes of at least 4 members (excludes halogenated alkanes) is 21. The second-order valence-corrected chi connectivity index (χ2v) is 16.3. The Morgan fingerprint density at radius 1 is 0.350 bits per heavy atom. The molecular weight excluding hydrogens is 745 g/mol. The smallest absolute Gasteiger partial charge is 0.306 e. The lowest BCUT2D eigenvalue weighted by molar-refractivity contribution is -0.167. The normalized spacial score (nSPS) is 12.7. The van der Waals surface area contributed by atoms with E-state index < -0.39 is 6.10 Å². The lowest BCUT2D eigenvalue weighted by Crippen LogP contribution is -2.30. The minimum Gasteiger partial charge on any atom is -0.462 e. The van der Waals surface area contributed by atoms with Gasteiger partial charge < -0.3 is 14.2 Å². The van der Waals surface area contributed by atoms with Gasteiger partial charge in [0.25, 0.3) is 0 Å². The fourth-order valence-electron chi connectivity index (χ4n) is 6.64. The minimum absolute atomic E-state index is 0.0920. The van der Waals surface area contributed by atoms with Crippen molar-refractivity contribution in [2.75, 3.05) is 13.2 Å². The summed E-state index contributed by atoms with van der Waals surface area (Å²) in [6.07, 6.45) is 60.2. The van der Waals surface area contributed by atoms with E-state index in [9.17, 15) is 14.4 Å². The number of hydrogen-bond acceptors (Lipinski definition) is 6. The summed E-state index contributed by atoms with van der Waals surface area (Å²) in [5.74, 6) is -0.934. The molecule has 0 bridgehead atoms. The quantitative estimate of drug-likeness (QED) is 0.0263. The molecule has 60 heavy (non-hydrogen) atoms. The van der Waals surface area contributed by atoms with Gasteiger partial charge in [-0.2, -0.15) is 0 Å². The maximum atomic E-state index is 12.8. The second-order valence-electron chi connectivity index (χ2n) is 16.3. The molecule has 1 unspecified atom stereocenters. The van der Waals surface area contributed by atoms with Crippen LogP contribution in [0.3, 0.4) is 0 Å². The molecule has 6 nitrogen and oxygen atoms in total. The molecule has 0 aromatic heterocycles. The third-order valence-electron chi connectivity index (χ3n) is 10.4. The van der Waals surface area contributed by atoms with Gasteiger partial charge in [0, 0.05) is 19.3 Å². The molecule has 0 aromatic rings. The van der Waals surface area contributed by atoms with Crippen LogP contribution >= 0.6 is 0 Å². The Balaban J connectivity index is 4.43. The topological polar surface area (TPSA) is 78.9 Å². The van der Waals surface area contributed by atoms with E-state index in [2.05, 4.69) is 93.7 Å². The highest BCUT2D eigenvalue weighted by molar-refractivity contribution is 5.71. The predicted molar refractivity (Wildman–Crippen MR) is 256 cm³/mol. The molecule has 0 aromatic carbocycles. The molecule has 0 heterocycles. The van der Waals surface area contributed by atoms with Crippen molar-refractivity contribution in [2.45, 2.75) is 239 Å². The van der Waals surface area contributed by atoms with Crippen molar-refractivity contribution in [3.8, 4) is 0 Å². The highest BCUT2D eigenvalue weighted by Crippen LogP contribution is 2.13. The van der Waals surface area contributed by atoms with Gasteiger partial charge in [0.15, 0.2) is 6.10 Å². The van der Waals surface area contributed by atoms with E-state index in [1.54, 1.807) is 0 Å². The fraction of sp³-hybridized carbons (Fsp3) is 0.722. The molecule has 0 radical (unpaired) electrons. The van der Waals surface area contributed by atoms with Crippen LogP contribution < -0.4 is 0 Å². The molecule has 0 N–H and O–H groups in total. The third kappa shape index (κ3) is 45.9. The van der Waals surface area contributed by atoms with Gasteiger partial charge in [0.2, 0.25) is 0 Å². The molecule has 0 fully saturated rings. The number of allylic oxidation sites excluding steroid dienone is 12. The molecule has 0 amide bonds. The van der Waals surface area contributed by atoms with E-state index in [4.69, 9.17) is 14.2 Å². The largest absolute Gasteiger partial charge is 0.462 e. The van der Waals surface area contributed by atoms with Crippen molar-refractivity contribution >= 4 is 17.9 Å². The average Bonchev–Trinajstić information content (AvgIpc) is 3.24. The molecule has 0 saturated heterocycles. The highest BCUT2D eigenvalue weighted by atomic mass is 16.6. The van der Waals surface area contributed by atoms with Crippen LogP contribution in [0.2, 0.25) is 0 Å². The second kappa shape index (κ2) is 48.5. The van der Waals surface area contributed by atoms with E-state index in [0.717, 1.165) is 128 Å². The van der Waals surface area contributed by atoms with Crippen molar-refractivity contribution < 1.29 is 28.6 Å². The average molecular weight is 837 g/mol. The number of ether oxygens (including phenoxy) is 3. The maximum Gasteiger partial charge on any atom is 0.306 e. The Morgan fingerprint density at radius 2 is 0.667 bits per heavy atom. The van der Waals surface area contributed by atoms with Crippen LogP contribution in [0.15, 0.2) is 72.9 Å². The zero-order chi connectivity index (χ0) is 43.7. The Kier molecular flexibility index (Phi) is 46.0. The van der Waals surface area contributed by atoms with Gasteiger partial charge in [-0.1, -0.05) is 184 Å². The van der Waals surface area contributed by atoms with E-state index in [0.29, 0.717) is 19.3 Å². The first-order valence-corrected chi connectivity index (χ1v) is 24.9. The Morgan fingerprint density at radius 3 is 1.08 bits per heavy atom. The zero-order valence-electron chi connectivity index (χ0n) is 39.2. The van der Waals surface area contributed by atoms with Gasteiger partial charge in [0.1, 0.15) is 13.2 Å². The van der Waals surface area contributed by atoms with Gasteiger partial charge in [-0.05, 0) is 103 Å². The van der Waals surface area contributed by atoms with Crippen molar-refractivity contribution in [1.29, 1.82) is 0 Å². The highest BCUT2D eigenvalue weighted by Gasteiger charge is 2.19. The van der Waals surface area contributed by atoms with E-state index in [-0.39, 0.29) is 31.1 Å². The molecule has 0 aliphatic rings. The Bertz CT molecular complexity index is 1140. The van der Waals surface area contributed by atoms with Crippen LogP contribution in [-0.4, -0.2) is 37.2 Å². The lowest BCUT2D eigenvalue weighted by Gasteiger charge is -2.18. The van der Waals surface area contributed by atoms with Crippen molar-refractivity contribution in [1.82, 2.24) is 0 Å². The molecule has 6 heteroatoms. The summed E-state index contributed by atoms with van der Waals surface area (Å²) >= 11 is 0. The van der Waals surface area contributed by atoms with Crippen molar-refractivity contribution in [3.63, 3.8) is 0 Å². The summed E-state index contributed by atoms with van der Waals surface area (Å²) in [5.41, 5.74) is 0. The van der Waals surface area contributed by atoms with Gasteiger partial charge in [-0.3, -0.25) is 14.4 Å². The predicted octanol–water partition coefficient (Wildman–Crippen LogP) is 16.3. The van der Waals surface area contributed by atoms with E-state index >= 15 is 0 Å². The summed E-state index contributed by atoms with van der Waals surface area (Å²) in [6.45, 7) is 6.43. The third-order valence-corrected chi connectivity index (χ3v) is 10.4. The zero-order valence-corrected chi connectivity index (χ0v) is 39.2. The molecule has 0 aliphatic heterocycles. The summed E-state index contributed by atoms with van der Waals surface area (Å²) in [7, 11) is 0. The van der Waals surface area contributed by atoms with Gasteiger partial charge in [0.05, 0.1) is 0 Å². The maximum absolute atomic E-state index is 12.8. The number of carbonyl (C=O) groups excluding carboxylic acids is 3. The van der Waals surface area contributed by atoms with Crippen LogP contribution in [0.1, 0.15) is 233 Å². The lowest BCUT2D eigenvalue weighted by atomic mass is 10.1. The van der Waals surface area contributed by atoms with Gasteiger partial charge in [-0.15, -0.1) is 0 Å². The van der Waals surface area contributed by atoms with Crippen LogP contribution in [0, 0.1) is 0 Å². The number of esters is 3. The molecule has 0 rings (SSSR count). The van der Waals surface area contributed by atoms with Crippen molar-refractivity contribution in [2.24, 2.45) is 0 Å². The summed E-state index contributed by atoms with van der Waals surface area (Å²) in [6, 6.07) is 0. The first kappa shape index (κ1) is 56.9. The first-order valence-electron chi connectivity index (χ1n) is 24.9. The molecule has 0 saturated carbocycles. The molecule has 0 spiro atoms. The fourth-order valence-corrected chi connectivity index (χ4v) is 6.64. The molecular formula is C54H92O6. The molecule has 1 atom stereocenters. The standard InChI is InChI=1S/C54H92O6/c1-4-7-10-13-16-19-22-24-26-28-29-32-35-38-41-44-47-53(56)59-50-51(49-58-52(55)46-43-40-37-34-31-21-18-15-12-9-6-3)60-54(57)48-45-42-39-36-33-30-27-25-23-20-17-14-11-8-5-2/h8,11,15,17-20,22,25-28,51H,4-7,9-10,12-14,16,21,23-24,29-50H2,1-3H3/b11-8-,18-15-,20-17-,22-19-,27-25-,28-26-.